The van der Waals surface area contributed by atoms with Crippen LogP contribution in [0.5, 0.6) is 5.75 Å². The van der Waals surface area contributed by atoms with Crippen LogP contribution in [0.15, 0.2) is 24.3 Å². The van der Waals surface area contributed by atoms with Crippen molar-refractivity contribution in [2.24, 2.45) is 5.92 Å². The van der Waals surface area contributed by atoms with Crippen LogP contribution in [-0.2, 0) is 4.79 Å². The first-order valence-electron chi connectivity index (χ1n) is 9.18. The Labute approximate surface area is 140 Å². The molecule has 0 radical (unpaired) electrons. The molecular weight excluding hydrogens is 286 g/mol. The number of likely N-dealkylation sites (tertiary alicyclic amines) is 1. The average Bonchev–Trinajstić information content (AvgIpc) is 3.11. The van der Waals surface area contributed by atoms with E-state index in [1.807, 2.05) is 12.1 Å². The molecule has 0 spiro atoms. The second kappa shape index (κ2) is 7.85. The molecular formula is C20H29NO2. The minimum absolute atomic E-state index is 0.367. The van der Waals surface area contributed by atoms with E-state index in [1.54, 1.807) is 7.11 Å². The molecule has 2 fully saturated rings. The molecule has 1 heterocycles. The molecule has 0 N–H and O–H groups in total. The third-order valence-corrected chi connectivity index (χ3v) is 5.62. The van der Waals surface area contributed by atoms with Crippen molar-refractivity contribution in [3.63, 3.8) is 0 Å². The van der Waals surface area contributed by atoms with Crippen molar-refractivity contribution in [2.45, 2.75) is 57.3 Å². The maximum Gasteiger partial charge on any atom is 0.222 e. The molecule has 2 aliphatic rings. The summed E-state index contributed by atoms with van der Waals surface area (Å²) in [7, 11) is 1.69. The van der Waals surface area contributed by atoms with E-state index >= 15 is 0 Å². The number of carbonyl (C=O) groups is 1. The topological polar surface area (TPSA) is 29.5 Å². The Morgan fingerprint density at radius 3 is 2.57 bits per heavy atom. The number of benzene rings is 1. The highest BCUT2D eigenvalue weighted by Crippen LogP contribution is 2.30. The summed E-state index contributed by atoms with van der Waals surface area (Å²) in [6.45, 7) is 1.80. The van der Waals surface area contributed by atoms with Gasteiger partial charge in [-0.25, -0.2) is 0 Å². The van der Waals surface area contributed by atoms with Crippen LogP contribution in [0, 0.1) is 5.92 Å². The molecule has 23 heavy (non-hydrogen) atoms. The highest BCUT2D eigenvalue weighted by atomic mass is 16.5. The molecule has 0 bridgehead atoms. The Hall–Kier alpha value is -1.51. The molecule has 1 amide bonds. The summed E-state index contributed by atoms with van der Waals surface area (Å²) in [5.41, 5.74) is 1.33. The van der Waals surface area contributed by atoms with Gasteiger partial charge in [0.15, 0.2) is 0 Å². The Morgan fingerprint density at radius 2 is 1.87 bits per heavy atom. The average molecular weight is 315 g/mol. The fourth-order valence-electron chi connectivity index (χ4n) is 4.10. The Morgan fingerprint density at radius 1 is 1.13 bits per heavy atom. The minimum Gasteiger partial charge on any atom is -0.497 e. The summed E-state index contributed by atoms with van der Waals surface area (Å²) >= 11 is 0. The van der Waals surface area contributed by atoms with Crippen molar-refractivity contribution in [1.82, 2.24) is 4.90 Å². The fraction of sp³-hybridized carbons (Fsp3) is 0.650. The van der Waals surface area contributed by atoms with Crippen molar-refractivity contribution in [3.8, 4) is 5.75 Å². The van der Waals surface area contributed by atoms with E-state index in [4.69, 9.17) is 4.74 Å². The first-order valence-corrected chi connectivity index (χ1v) is 9.18. The molecule has 1 aromatic carbocycles. The molecule has 1 unspecified atom stereocenters. The van der Waals surface area contributed by atoms with Gasteiger partial charge in [0.25, 0.3) is 0 Å². The molecule has 3 heteroatoms. The maximum atomic E-state index is 12.5. The van der Waals surface area contributed by atoms with Gasteiger partial charge in [-0.1, -0.05) is 44.2 Å². The lowest BCUT2D eigenvalue weighted by Gasteiger charge is -2.23. The van der Waals surface area contributed by atoms with E-state index in [-0.39, 0.29) is 0 Å². The van der Waals surface area contributed by atoms with Gasteiger partial charge < -0.3 is 9.64 Å². The summed E-state index contributed by atoms with van der Waals surface area (Å²) < 4.78 is 5.22. The first-order chi connectivity index (χ1) is 11.3. The molecule has 1 aromatic rings. The number of hydrogen-bond donors (Lipinski definition) is 0. The Kier molecular flexibility index (Phi) is 5.58. The molecule has 126 valence electrons. The largest absolute Gasteiger partial charge is 0.497 e. The predicted octanol–water partition coefficient (Wildman–Crippen LogP) is 4.37. The van der Waals surface area contributed by atoms with Crippen LogP contribution in [0.2, 0.25) is 0 Å². The minimum atomic E-state index is 0.367. The second-order valence-electron chi connectivity index (χ2n) is 7.14. The Balaban J connectivity index is 1.47. The van der Waals surface area contributed by atoms with E-state index in [0.29, 0.717) is 11.8 Å². The van der Waals surface area contributed by atoms with E-state index < -0.39 is 0 Å². The van der Waals surface area contributed by atoms with Gasteiger partial charge in [-0.15, -0.1) is 0 Å². The van der Waals surface area contributed by atoms with E-state index in [9.17, 15) is 4.79 Å². The molecule has 1 atom stereocenters. The van der Waals surface area contributed by atoms with Crippen molar-refractivity contribution in [2.75, 3.05) is 20.2 Å². The van der Waals surface area contributed by atoms with Crippen molar-refractivity contribution in [3.05, 3.63) is 29.8 Å². The summed E-state index contributed by atoms with van der Waals surface area (Å²) in [4.78, 5) is 14.6. The predicted molar refractivity (Wildman–Crippen MR) is 92.7 cm³/mol. The van der Waals surface area contributed by atoms with E-state index in [1.165, 1.54) is 37.7 Å². The number of ether oxygens (including phenoxy) is 1. The second-order valence-corrected chi connectivity index (χ2v) is 7.14. The highest BCUT2D eigenvalue weighted by Gasteiger charge is 2.27. The summed E-state index contributed by atoms with van der Waals surface area (Å²) in [6.07, 6.45) is 9.72. The number of hydrogen-bond acceptors (Lipinski definition) is 2. The number of amides is 1. The molecule has 1 saturated heterocycles. The third-order valence-electron chi connectivity index (χ3n) is 5.62. The van der Waals surface area contributed by atoms with Gasteiger partial charge in [0.1, 0.15) is 5.75 Å². The van der Waals surface area contributed by atoms with Crippen LogP contribution in [0.1, 0.15) is 62.8 Å². The summed E-state index contributed by atoms with van der Waals surface area (Å²) in [6, 6.07) is 8.31. The number of methoxy groups -OCH3 is 1. The van der Waals surface area contributed by atoms with Gasteiger partial charge in [-0.05, 0) is 36.5 Å². The maximum absolute atomic E-state index is 12.5. The van der Waals surface area contributed by atoms with Gasteiger partial charge >= 0.3 is 0 Å². The normalized spacial score (nSPS) is 22.3. The summed E-state index contributed by atoms with van der Waals surface area (Å²) in [5.74, 6) is 2.55. The lowest BCUT2D eigenvalue weighted by Crippen LogP contribution is -2.28. The van der Waals surface area contributed by atoms with Gasteiger partial charge in [0.05, 0.1) is 7.11 Å². The van der Waals surface area contributed by atoms with Crippen LogP contribution >= 0.6 is 0 Å². The van der Waals surface area contributed by atoms with Crippen LogP contribution < -0.4 is 4.74 Å². The third kappa shape index (κ3) is 4.27. The molecule has 3 nitrogen and oxygen atoms in total. The smallest absolute Gasteiger partial charge is 0.222 e. The SMILES string of the molecule is COc1ccc(C2CCN(C(=O)CCC3CCCCC3)C2)cc1. The van der Waals surface area contributed by atoms with Crippen molar-refractivity contribution >= 4 is 5.91 Å². The molecule has 0 aromatic heterocycles. The van der Waals surface area contributed by atoms with Gasteiger partial charge in [0.2, 0.25) is 5.91 Å². The van der Waals surface area contributed by atoms with Crippen molar-refractivity contribution in [1.29, 1.82) is 0 Å². The fourth-order valence-corrected chi connectivity index (χ4v) is 4.10. The lowest BCUT2D eigenvalue weighted by atomic mass is 9.86. The van der Waals surface area contributed by atoms with Crippen LogP contribution in [-0.4, -0.2) is 31.0 Å². The van der Waals surface area contributed by atoms with Crippen LogP contribution in [0.4, 0.5) is 0 Å². The quantitative estimate of drug-likeness (QED) is 0.807. The summed E-state index contributed by atoms with van der Waals surface area (Å²) in [5, 5.41) is 0. The standard InChI is InChI=1S/C20H29NO2/c1-23-19-10-8-17(9-11-19)18-13-14-21(15-18)20(22)12-7-16-5-3-2-4-6-16/h8-11,16,18H,2-7,12-15H2,1H3. The number of nitrogens with zero attached hydrogens (tertiary/aromatic N) is 1. The first kappa shape index (κ1) is 16.4. The molecule has 1 aliphatic carbocycles. The molecule has 3 rings (SSSR count). The lowest BCUT2D eigenvalue weighted by molar-refractivity contribution is -0.130. The van der Waals surface area contributed by atoms with E-state index in [0.717, 1.165) is 44.0 Å². The molecule has 1 saturated carbocycles. The zero-order chi connectivity index (χ0) is 16.1. The van der Waals surface area contributed by atoms with Gasteiger partial charge in [0, 0.05) is 25.4 Å². The van der Waals surface area contributed by atoms with Crippen LogP contribution in [0.25, 0.3) is 0 Å². The number of carbonyl (C=O) groups excluding carboxylic acids is 1. The zero-order valence-electron chi connectivity index (χ0n) is 14.3. The Bertz CT molecular complexity index is 505. The number of rotatable bonds is 5. The van der Waals surface area contributed by atoms with Gasteiger partial charge in [-0.2, -0.15) is 0 Å². The van der Waals surface area contributed by atoms with E-state index in [2.05, 4.69) is 17.0 Å². The van der Waals surface area contributed by atoms with Crippen molar-refractivity contribution < 1.29 is 9.53 Å². The van der Waals surface area contributed by atoms with Gasteiger partial charge in [-0.3, -0.25) is 4.79 Å². The zero-order valence-corrected chi connectivity index (χ0v) is 14.3. The molecule has 1 aliphatic heterocycles. The monoisotopic (exact) mass is 315 g/mol. The highest BCUT2D eigenvalue weighted by molar-refractivity contribution is 5.76. The van der Waals surface area contributed by atoms with Crippen LogP contribution in [0.3, 0.4) is 0 Å².